The summed E-state index contributed by atoms with van der Waals surface area (Å²) in [7, 11) is 1.72. The number of hydrogen-bond acceptors (Lipinski definition) is 5. The molecule has 0 unspecified atom stereocenters. The Bertz CT molecular complexity index is 1060. The lowest BCUT2D eigenvalue weighted by atomic mass is 10.1. The van der Waals surface area contributed by atoms with E-state index in [9.17, 15) is 14.0 Å². The van der Waals surface area contributed by atoms with Crippen LogP contribution in [0.1, 0.15) is 29.1 Å². The second-order valence-corrected chi connectivity index (χ2v) is 7.01. The zero-order chi connectivity index (χ0) is 20.5. The Morgan fingerprint density at radius 3 is 2.69 bits per heavy atom. The molecule has 1 aromatic carbocycles. The molecule has 2 amide bonds. The van der Waals surface area contributed by atoms with E-state index < -0.39 is 6.04 Å². The first-order chi connectivity index (χ1) is 13.9. The highest BCUT2D eigenvalue weighted by atomic mass is 19.1. The summed E-state index contributed by atoms with van der Waals surface area (Å²) in [5.74, 6) is -0.0491. The van der Waals surface area contributed by atoms with Gasteiger partial charge in [-0.25, -0.2) is 4.39 Å². The highest BCUT2D eigenvalue weighted by Gasteiger charge is 2.36. The van der Waals surface area contributed by atoms with Crippen molar-refractivity contribution in [2.75, 3.05) is 11.9 Å². The normalized spacial score (nSPS) is 16.2. The molecule has 1 saturated heterocycles. The van der Waals surface area contributed by atoms with Crippen LogP contribution in [0.3, 0.4) is 0 Å². The van der Waals surface area contributed by atoms with Crippen LogP contribution >= 0.6 is 0 Å². The van der Waals surface area contributed by atoms with Crippen molar-refractivity contribution in [2.45, 2.75) is 25.8 Å². The number of aromatic nitrogens is 3. The van der Waals surface area contributed by atoms with Gasteiger partial charge in [0.25, 0.3) is 5.91 Å². The Balaban J connectivity index is 1.53. The second kappa shape index (κ2) is 7.50. The van der Waals surface area contributed by atoms with Crippen molar-refractivity contribution < 1.29 is 18.5 Å². The number of aryl methyl sites for hydroxylation is 2. The van der Waals surface area contributed by atoms with E-state index in [1.54, 1.807) is 42.9 Å². The second-order valence-electron chi connectivity index (χ2n) is 7.01. The van der Waals surface area contributed by atoms with E-state index in [4.69, 9.17) is 4.52 Å². The minimum Gasteiger partial charge on any atom is -0.360 e. The fraction of sp³-hybridized carbons (Fsp3) is 0.300. The van der Waals surface area contributed by atoms with Gasteiger partial charge in [-0.3, -0.25) is 14.3 Å². The van der Waals surface area contributed by atoms with Crippen LogP contribution in [0.2, 0.25) is 0 Å². The standard InChI is InChI=1S/C20H20FN5O3/c1-12-10-18(24-29-12)22-19(27)16-4-3-9-26(16)20(28)15-11-17(25(2)23-15)13-5-7-14(21)8-6-13/h5-8,10-11,16H,3-4,9H2,1-2H3,(H,22,24,27)/t16-/m0/s1. The molecule has 9 heteroatoms. The van der Waals surface area contributed by atoms with Gasteiger partial charge in [0, 0.05) is 19.7 Å². The highest BCUT2D eigenvalue weighted by molar-refractivity contribution is 6.00. The van der Waals surface area contributed by atoms with Crippen LogP contribution in [0.5, 0.6) is 0 Å². The molecule has 0 bridgehead atoms. The van der Waals surface area contributed by atoms with E-state index >= 15 is 0 Å². The molecule has 0 aliphatic carbocycles. The maximum absolute atomic E-state index is 13.2. The molecule has 1 fully saturated rings. The van der Waals surface area contributed by atoms with Gasteiger partial charge >= 0.3 is 0 Å². The molecule has 8 nitrogen and oxygen atoms in total. The Labute approximate surface area is 166 Å². The third kappa shape index (κ3) is 3.75. The van der Waals surface area contributed by atoms with E-state index in [0.717, 1.165) is 12.0 Å². The molecule has 1 N–H and O–H groups in total. The number of hydrogen-bond donors (Lipinski definition) is 1. The van der Waals surface area contributed by atoms with Gasteiger partial charge in [-0.2, -0.15) is 5.10 Å². The van der Waals surface area contributed by atoms with Crippen LogP contribution in [0.25, 0.3) is 11.3 Å². The lowest BCUT2D eigenvalue weighted by Gasteiger charge is -2.22. The number of carbonyl (C=O) groups is 2. The van der Waals surface area contributed by atoms with Crippen LogP contribution in [-0.2, 0) is 11.8 Å². The Kier molecular flexibility index (Phi) is 4.87. The molecule has 1 aliphatic heterocycles. The van der Waals surface area contributed by atoms with E-state index in [2.05, 4.69) is 15.6 Å². The molecule has 0 saturated carbocycles. The SMILES string of the molecule is Cc1cc(NC(=O)[C@@H]2CCCN2C(=O)c2cc(-c3ccc(F)cc3)n(C)n2)no1. The molecular weight excluding hydrogens is 377 g/mol. The average Bonchev–Trinajstić information content (AvgIpc) is 3.42. The van der Waals surface area contributed by atoms with Gasteiger partial charge in [-0.05, 0) is 55.7 Å². The van der Waals surface area contributed by atoms with Crippen molar-refractivity contribution in [3.05, 3.63) is 53.7 Å². The molecular formula is C20H20FN5O3. The van der Waals surface area contributed by atoms with Gasteiger partial charge < -0.3 is 14.7 Å². The first kappa shape index (κ1) is 18.9. The molecule has 0 radical (unpaired) electrons. The zero-order valence-corrected chi connectivity index (χ0v) is 16.1. The molecule has 0 spiro atoms. The Morgan fingerprint density at radius 2 is 2.00 bits per heavy atom. The third-order valence-electron chi connectivity index (χ3n) is 4.93. The van der Waals surface area contributed by atoms with E-state index in [-0.39, 0.29) is 23.3 Å². The Hall–Kier alpha value is -3.49. The molecule has 150 valence electrons. The number of halogens is 1. The molecule has 2 aromatic heterocycles. The van der Waals surface area contributed by atoms with Crippen LogP contribution < -0.4 is 5.32 Å². The van der Waals surface area contributed by atoms with Gasteiger partial charge in [-0.15, -0.1) is 0 Å². The number of carbonyl (C=O) groups excluding carboxylic acids is 2. The number of benzene rings is 1. The molecule has 3 aromatic rings. The summed E-state index contributed by atoms with van der Waals surface area (Å²) in [6.45, 7) is 2.20. The maximum atomic E-state index is 13.2. The van der Waals surface area contributed by atoms with Crippen LogP contribution in [0.15, 0.2) is 40.9 Å². The third-order valence-corrected chi connectivity index (χ3v) is 4.93. The topological polar surface area (TPSA) is 93.3 Å². The van der Waals surface area contributed by atoms with Gasteiger partial charge in [-0.1, -0.05) is 5.16 Å². The first-order valence-corrected chi connectivity index (χ1v) is 9.27. The molecule has 3 heterocycles. The molecule has 1 atom stereocenters. The molecule has 29 heavy (non-hydrogen) atoms. The molecule has 4 rings (SSSR count). The number of anilines is 1. The van der Waals surface area contributed by atoms with E-state index in [1.807, 2.05) is 0 Å². The maximum Gasteiger partial charge on any atom is 0.275 e. The number of nitrogens with one attached hydrogen (secondary N) is 1. The lowest BCUT2D eigenvalue weighted by Crippen LogP contribution is -2.43. The van der Waals surface area contributed by atoms with E-state index in [0.29, 0.717) is 30.2 Å². The largest absolute Gasteiger partial charge is 0.360 e. The summed E-state index contributed by atoms with van der Waals surface area (Å²) < 4.78 is 19.7. The van der Waals surface area contributed by atoms with Gasteiger partial charge in [0.05, 0.1) is 5.69 Å². The van der Waals surface area contributed by atoms with Gasteiger partial charge in [0.2, 0.25) is 5.91 Å². The summed E-state index contributed by atoms with van der Waals surface area (Å²) in [5.41, 5.74) is 1.67. The quantitative estimate of drug-likeness (QED) is 0.731. The van der Waals surface area contributed by atoms with Crippen LogP contribution in [0, 0.1) is 12.7 Å². The van der Waals surface area contributed by atoms with Crippen molar-refractivity contribution >= 4 is 17.6 Å². The number of likely N-dealkylation sites (tertiary alicyclic amines) is 1. The zero-order valence-electron chi connectivity index (χ0n) is 16.1. The fourth-order valence-electron chi connectivity index (χ4n) is 3.53. The minimum atomic E-state index is -0.601. The summed E-state index contributed by atoms with van der Waals surface area (Å²) in [4.78, 5) is 27.2. The Morgan fingerprint density at radius 1 is 1.24 bits per heavy atom. The minimum absolute atomic E-state index is 0.240. The predicted octanol–water partition coefficient (Wildman–Crippen LogP) is 2.77. The summed E-state index contributed by atoms with van der Waals surface area (Å²) >= 11 is 0. The predicted molar refractivity (Wildman–Crippen MR) is 103 cm³/mol. The van der Waals surface area contributed by atoms with Gasteiger partial charge in [0.1, 0.15) is 17.6 Å². The summed E-state index contributed by atoms with van der Waals surface area (Å²) in [6.07, 6.45) is 1.28. The van der Waals surface area contributed by atoms with Crippen molar-refractivity contribution in [2.24, 2.45) is 7.05 Å². The number of nitrogens with zero attached hydrogens (tertiary/aromatic N) is 4. The van der Waals surface area contributed by atoms with E-state index in [1.165, 1.54) is 17.0 Å². The molecule has 1 aliphatic rings. The summed E-state index contributed by atoms with van der Waals surface area (Å²) in [5, 5.41) is 10.8. The number of rotatable bonds is 4. The summed E-state index contributed by atoms with van der Waals surface area (Å²) in [6, 6.07) is 8.65. The average molecular weight is 397 g/mol. The number of amides is 2. The lowest BCUT2D eigenvalue weighted by molar-refractivity contribution is -0.119. The first-order valence-electron chi connectivity index (χ1n) is 9.27. The van der Waals surface area contributed by atoms with Crippen LogP contribution in [0.4, 0.5) is 10.2 Å². The van der Waals surface area contributed by atoms with Crippen molar-refractivity contribution in [3.63, 3.8) is 0 Å². The monoisotopic (exact) mass is 397 g/mol. The van der Waals surface area contributed by atoms with Crippen molar-refractivity contribution in [3.8, 4) is 11.3 Å². The fourth-order valence-corrected chi connectivity index (χ4v) is 3.53. The van der Waals surface area contributed by atoms with Crippen molar-refractivity contribution in [1.82, 2.24) is 19.8 Å². The van der Waals surface area contributed by atoms with Crippen molar-refractivity contribution in [1.29, 1.82) is 0 Å². The van der Waals surface area contributed by atoms with Crippen LogP contribution in [-0.4, -0.2) is 44.2 Å². The van der Waals surface area contributed by atoms with Gasteiger partial charge in [0.15, 0.2) is 11.5 Å². The smallest absolute Gasteiger partial charge is 0.275 e. The highest BCUT2D eigenvalue weighted by Crippen LogP contribution is 2.25.